The van der Waals surface area contributed by atoms with Gasteiger partial charge in [0.1, 0.15) is 17.1 Å². The number of nitrogens with zero attached hydrogens (tertiary/aromatic N) is 1. The van der Waals surface area contributed by atoms with Gasteiger partial charge in [0.05, 0.1) is 14.6 Å². The molecule has 0 aliphatic rings. The molecule has 0 spiro atoms. The summed E-state index contributed by atoms with van der Waals surface area (Å²) in [6.07, 6.45) is 0. The molecule has 9 heteroatoms. The fourth-order valence-corrected chi connectivity index (χ4v) is 4.34. The van der Waals surface area contributed by atoms with Crippen LogP contribution in [0.4, 0.5) is 9.52 Å². The molecule has 0 aliphatic heterocycles. The molecule has 1 aromatic heterocycles. The van der Waals surface area contributed by atoms with Crippen LogP contribution in [-0.2, 0) is 14.6 Å². The van der Waals surface area contributed by atoms with Crippen molar-refractivity contribution in [3.05, 3.63) is 53.3 Å². The van der Waals surface area contributed by atoms with Gasteiger partial charge in [-0.25, -0.2) is 17.8 Å². The molecular weight excluding hydrogens is 375 g/mol. The number of hydrogen-bond donors (Lipinski definition) is 1. The Morgan fingerprint density at radius 2 is 1.92 bits per heavy atom. The highest BCUT2D eigenvalue weighted by molar-refractivity contribution is 7.92. The lowest BCUT2D eigenvalue weighted by molar-refractivity contribution is -0.113. The van der Waals surface area contributed by atoms with Crippen LogP contribution in [0.2, 0.25) is 5.02 Å². The van der Waals surface area contributed by atoms with Gasteiger partial charge in [0, 0.05) is 0 Å². The second-order valence-corrected chi connectivity index (χ2v) is 8.29. The number of hydrogen-bond acceptors (Lipinski definition) is 5. The van der Waals surface area contributed by atoms with Gasteiger partial charge in [0.2, 0.25) is 5.91 Å². The van der Waals surface area contributed by atoms with Gasteiger partial charge in [0.25, 0.3) is 0 Å². The molecule has 3 rings (SSSR count). The van der Waals surface area contributed by atoms with E-state index in [4.69, 9.17) is 11.6 Å². The number of sulfone groups is 1. The molecular formula is C15H10ClFN2O3S2. The highest BCUT2D eigenvalue weighted by Gasteiger charge is 2.20. The highest BCUT2D eigenvalue weighted by atomic mass is 35.5. The van der Waals surface area contributed by atoms with Crippen molar-refractivity contribution in [1.29, 1.82) is 0 Å². The van der Waals surface area contributed by atoms with Crippen molar-refractivity contribution in [3.63, 3.8) is 0 Å². The molecule has 0 fully saturated rings. The fraction of sp³-hybridized carbons (Fsp3) is 0.0667. The molecule has 0 saturated heterocycles. The lowest BCUT2D eigenvalue weighted by atomic mass is 10.3. The summed E-state index contributed by atoms with van der Waals surface area (Å²) in [4.78, 5) is 16.1. The maximum atomic E-state index is 12.9. The lowest BCUT2D eigenvalue weighted by Crippen LogP contribution is -2.22. The zero-order valence-electron chi connectivity index (χ0n) is 12.0. The number of thiazole rings is 1. The van der Waals surface area contributed by atoms with Crippen LogP contribution in [0.1, 0.15) is 0 Å². The predicted octanol–water partition coefficient (Wildman–Crippen LogP) is 3.50. The first-order chi connectivity index (χ1) is 11.3. The van der Waals surface area contributed by atoms with E-state index in [1.807, 2.05) is 0 Å². The van der Waals surface area contributed by atoms with Crippen molar-refractivity contribution in [1.82, 2.24) is 4.98 Å². The Morgan fingerprint density at radius 3 is 2.58 bits per heavy atom. The Labute approximate surface area is 146 Å². The molecule has 0 saturated carbocycles. The molecule has 1 N–H and O–H groups in total. The van der Waals surface area contributed by atoms with E-state index in [1.54, 1.807) is 18.2 Å². The maximum Gasteiger partial charge on any atom is 0.241 e. The summed E-state index contributed by atoms with van der Waals surface area (Å²) < 4.78 is 37.9. The van der Waals surface area contributed by atoms with Gasteiger partial charge in [-0.2, -0.15) is 0 Å². The van der Waals surface area contributed by atoms with Crippen molar-refractivity contribution < 1.29 is 17.6 Å². The monoisotopic (exact) mass is 384 g/mol. The van der Waals surface area contributed by atoms with Crippen LogP contribution in [0.3, 0.4) is 0 Å². The molecule has 0 radical (unpaired) electrons. The van der Waals surface area contributed by atoms with Crippen LogP contribution < -0.4 is 5.32 Å². The van der Waals surface area contributed by atoms with Gasteiger partial charge < -0.3 is 5.32 Å². The van der Waals surface area contributed by atoms with Crippen molar-refractivity contribution in [2.45, 2.75) is 4.90 Å². The van der Waals surface area contributed by atoms with Crippen molar-refractivity contribution in [2.24, 2.45) is 0 Å². The standard InChI is InChI=1S/C15H10ClFN2O3S2/c16-11-2-1-3-12-14(11)19-15(23-12)18-13(20)8-24(21,22)10-6-4-9(17)5-7-10/h1-7H,8H2,(H,18,19,20). The van der Waals surface area contributed by atoms with Crippen LogP contribution in [0.25, 0.3) is 10.2 Å². The topological polar surface area (TPSA) is 76.1 Å². The molecule has 0 bridgehead atoms. The number of carbonyl (C=O) groups excluding carboxylic acids is 1. The second kappa shape index (κ2) is 6.46. The van der Waals surface area contributed by atoms with Crippen LogP contribution in [0, 0.1) is 5.82 Å². The summed E-state index contributed by atoms with van der Waals surface area (Å²) >= 11 is 7.20. The van der Waals surface area contributed by atoms with E-state index in [9.17, 15) is 17.6 Å². The SMILES string of the molecule is O=C(CS(=O)(=O)c1ccc(F)cc1)Nc1nc2c(Cl)cccc2s1. The molecule has 5 nitrogen and oxygen atoms in total. The largest absolute Gasteiger partial charge is 0.301 e. The number of amides is 1. The van der Waals surface area contributed by atoms with Gasteiger partial charge in [-0.3, -0.25) is 4.79 Å². The van der Waals surface area contributed by atoms with E-state index < -0.39 is 27.3 Å². The number of fused-ring (bicyclic) bond motifs is 1. The number of anilines is 1. The molecule has 0 atom stereocenters. The Morgan fingerprint density at radius 1 is 1.21 bits per heavy atom. The lowest BCUT2D eigenvalue weighted by Gasteiger charge is -2.04. The molecule has 2 aromatic carbocycles. The van der Waals surface area contributed by atoms with Gasteiger partial charge in [-0.15, -0.1) is 0 Å². The summed E-state index contributed by atoms with van der Waals surface area (Å²) in [7, 11) is -3.86. The quantitative estimate of drug-likeness (QED) is 0.698. The molecule has 24 heavy (non-hydrogen) atoms. The summed E-state index contributed by atoms with van der Waals surface area (Å²) in [5, 5.41) is 3.16. The third kappa shape index (κ3) is 3.55. The molecule has 0 unspecified atom stereocenters. The minimum Gasteiger partial charge on any atom is -0.301 e. The summed E-state index contributed by atoms with van der Waals surface area (Å²) in [5.74, 6) is -2.04. The Bertz CT molecular complexity index is 1020. The number of rotatable bonds is 4. The number of benzene rings is 2. The average Bonchev–Trinajstić information content (AvgIpc) is 2.90. The van der Waals surface area contributed by atoms with Gasteiger partial charge in [-0.05, 0) is 36.4 Å². The summed E-state index contributed by atoms with van der Waals surface area (Å²) in [6.45, 7) is 0. The fourth-order valence-electron chi connectivity index (χ4n) is 2.02. The van der Waals surface area contributed by atoms with Crippen LogP contribution in [0.5, 0.6) is 0 Å². The first-order valence-corrected chi connectivity index (χ1v) is 9.53. The zero-order valence-corrected chi connectivity index (χ0v) is 14.4. The minimum absolute atomic E-state index is 0.119. The third-order valence-electron chi connectivity index (χ3n) is 3.11. The van der Waals surface area contributed by atoms with E-state index in [2.05, 4.69) is 10.3 Å². The Hall–Kier alpha value is -2.03. The Kier molecular flexibility index (Phi) is 4.53. The van der Waals surface area contributed by atoms with E-state index >= 15 is 0 Å². The zero-order chi connectivity index (χ0) is 17.3. The molecule has 3 aromatic rings. The molecule has 124 valence electrons. The summed E-state index contributed by atoms with van der Waals surface area (Å²) in [5.41, 5.74) is 0.542. The van der Waals surface area contributed by atoms with E-state index in [1.165, 1.54) is 11.3 Å². The summed E-state index contributed by atoms with van der Waals surface area (Å²) in [6, 6.07) is 9.52. The van der Waals surface area contributed by atoms with Crippen molar-refractivity contribution >= 4 is 54.0 Å². The molecule has 1 heterocycles. The van der Waals surface area contributed by atoms with Crippen molar-refractivity contribution in [3.8, 4) is 0 Å². The van der Waals surface area contributed by atoms with Crippen molar-refractivity contribution in [2.75, 3.05) is 11.1 Å². The maximum absolute atomic E-state index is 12.9. The third-order valence-corrected chi connectivity index (χ3v) is 5.98. The molecule has 0 aliphatic carbocycles. The number of carbonyl (C=O) groups is 1. The van der Waals surface area contributed by atoms with Gasteiger partial charge >= 0.3 is 0 Å². The number of aromatic nitrogens is 1. The first-order valence-electron chi connectivity index (χ1n) is 6.68. The highest BCUT2D eigenvalue weighted by Crippen LogP contribution is 2.30. The molecule has 1 amide bonds. The first kappa shape index (κ1) is 16.8. The van der Waals surface area contributed by atoms with Crippen LogP contribution >= 0.6 is 22.9 Å². The van der Waals surface area contributed by atoms with Gasteiger partial charge in [0.15, 0.2) is 15.0 Å². The van der Waals surface area contributed by atoms with Crippen LogP contribution in [-0.4, -0.2) is 25.1 Å². The number of nitrogens with one attached hydrogen (secondary N) is 1. The second-order valence-electron chi connectivity index (χ2n) is 4.87. The van der Waals surface area contributed by atoms with E-state index in [0.29, 0.717) is 10.5 Å². The predicted molar refractivity (Wildman–Crippen MR) is 91.7 cm³/mol. The normalized spacial score (nSPS) is 11.6. The van der Waals surface area contributed by atoms with Gasteiger partial charge in [-0.1, -0.05) is 29.0 Å². The Balaban J connectivity index is 1.77. The number of para-hydroxylation sites is 1. The van der Waals surface area contributed by atoms with E-state index in [-0.39, 0.29) is 10.0 Å². The number of halogens is 2. The average molecular weight is 385 g/mol. The van der Waals surface area contributed by atoms with Crippen LogP contribution in [0.15, 0.2) is 47.4 Å². The smallest absolute Gasteiger partial charge is 0.241 e. The minimum atomic E-state index is -3.86. The van der Waals surface area contributed by atoms with E-state index in [0.717, 1.165) is 29.0 Å².